The highest BCUT2D eigenvalue weighted by Crippen LogP contribution is 2.52. The first-order chi connectivity index (χ1) is 51.2. The molecule has 0 fully saturated rings. The van der Waals surface area contributed by atoms with Crippen LogP contribution in [0.4, 0.5) is 68.2 Å². The Bertz CT molecular complexity index is 5810. The van der Waals surface area contributed by atoms with Crippen molar-refractivity contribution in [1.29, 1.82) is 0 Å². The van der Waals surface area contributed by atoms with Crippen LogP contribution in [-0.4, -0.2) is 20.1 Å². The number of para-hydroxylation sites is 2. The lowest BCUT2D eigenvalue weighted by Crippen LogP contribution is -2.64. The van der Waals surface area contributed by atoms with Crippen LogP contribution in [0.25, 0.3) is 0 Å². The van der Waals surface area contributed by atoms with Crippen molar-refractivity contribution in [1.82, 2.24) is 0 Å². The smallest absolute Gasteiger partial charge is 0.260 e. The van der Waals surface area contributed by atoms with E-state index in [1.807, 2.05) is 0 Å². The maximum absolute atomic E-state index is 7.80. The lowest BCUT2D eigenvalue weighted by Gasteiger charge is -2.43. The van der Waals surface area contributed by atoms with Gasteiger partial charge in [0.1, 0.15) is 57.5 Å². The molecule has 0 spiro atoms. The zero-order valence-electron chi connectivity index (χ0n) is 60.0. The van der Waals surface area contributed by atoms with Gasteiger partial charge in [0.2, 0.25) is 0 Å². The molecule has 502 valence electrons. The topological polar surface area (TPSA) is 59.1 Å². The van der Waals surface area contributed by atoms with E-state index in [4.69, 9.17) is 23.7 Å². The van der Waals surface area contributed by atoms with Gasteiger partial charge >= 0.3 is 0 Å². The number of nitrogens with zero attached hydrogens (tertiary/aromatic N) is 4. The Morgan fingerprint density at radius 3 is 0.876 bits per heavy atom. The van der Waals surface area contributed by atoms with E-state index >= 15 is 0 Å². The molecular formula is C93H71B3N4O5. The highest BCUT2D eigenvalue weighted by Gasteiger charge is 2.50. The minimum absolute atomic E-state index is 0.267. The molecule has 12 heteroatoms. The number of fused-ring (bicyclic) bond motifs is 12. The van der Waals surface area contributed by atoms with Crippen molar-refractivity contribution in [2.75, 3.05) is 19.6 Å². The standard InChI is InChI=1S/C93H71B3N4O5/c1-54-18-30-63(31-19-54)97(64-32-20-55(2)21-33-64)69-44-79-90-85(45-69)104-84-53-83-76(95-73-15-11-13-17-81(73)102-87-47-71(49-89(105-83)92(87)95)99(67-38-26-58(5)27-39-67)68-40-28-59(6)29-41-68)51-77(84)96(90)74-50-75-82(52-78(74)100(79)93-61(8)42-60(7)43-62(93)9)103-88-48-70(46-86-91(88)94(75)72-14-10-12-16-80(72)101-86)98(65-34-22-56(3)23-35-65)66-36-24-57(4)25-37-66/h10-53H,1-9H3. The van der Waals surface area contributed by atoms with Crippen LogP contribution in [0.1, 0.15) is 50.1 Å². The summed E-state index contributed by atoms with van der Waals surface area (Å²) in [6.07, 6.45) is 0. The zero-order valence-corrected chi connectivity index (χ0v) is 60.0. The second-order valence-corrected chi connectivity index (χ2v) is 29.5. The minimum atomic E-state index is -0.375. The Hall–Kier alpha value is -12.5. The number of benzene rings is 14. The van der Waals surface area contributed by atoms with E-state index in [1.165, 1.54) is 38.9 Å². The van der Waals surface area contributed by atoms with Crippen molar-refractivity contribution in [2.24, 2.45) is 0 Å². The molecule has 6 heterocycles. The van der Waals surface area contributed by atoms with Gasteiger partial charge < -0.3 is 43.3 Å². The summed E-state index contributed by atoms with van der Waals surface area (Å²) in [5.41, 5.74) is 32.0. The van der Waals surface area contributed by atoms with Crippen molar-refractivity contribution in [3.8, 4) is 57.5 Å². The summed E-state index contributed by atoms with van der Waals surface area (Å²) in [4.78, 5) is 9.50. The van der Waals surface area contributed by atoms with Crippen LogP contribution in [0.5, 0.6) is 57.5 Å². The summed E-state index contributed by atoms with van der Waals surface area (Å²) < 4.78 is 37.3. The summed E-state index contributed by atoms with van der Waals surface area (Å²) in [7, 11) is 0. The molecule has 9 nitrogen and oxygen atoms in total. The monoisotopic (exact) mass is 1360 g/mol. The average molecular weight is 1360 g/mol. The third-order valence-electron chi connectivity index (χ3n) is 22.1. The molecule has 14 aromatic rings. The average Bonchev–Trinajstić information content (AvgIpc) is 0.689. The molecule has 0 saturated carbocycles. The van der Waals surface area contributed by atoms with Gasteiger partial charge in [0.15, 0.2) is 0 Å². The molecule has 0 N–H and O–H groups in total. The molecule has 0 amide bonds. The Balaban J connectivity index is 0.837. The van der Waals surface area contributed by atoms with Gasteiger partial charge in [0.05, 0.1) is 22.7 Å². The molecule has 0 unspecified atom stereocenters. The van der Waals surface area contributed by atoms with Gasteiger partial charge in [-0.25, -0.2) is 0 Å². The van der Waals surface area contributed by atoms with E-state index < -0.39 is 0 Å². The molecule has 0 saturated heterocycles. The van der Waals surface area contributed by atoms with Crippen LogP contribution in [0.3, 0.4) is 0 Å². The Kier molecular flexibility index (Phi) is 14.1. The Morgan fingerprint density at radius 2 is 0.514 bits per heavy atom. The number of hydrogen-bond donors (Lipinski definition) is 0. The molecule has 6 aliphatic heterocycles. The molecule has 0 bridgehead atoms. The van der Waals surface area contributed by atoms with E-state index in [0.717, 1.165) is 180 Å². The van der Waals surface area contributed by atoms with Crippen LogP contribution in [0, 0.1) is 62.3 Å². The second kappa shape index (κ2) is 23.8. The first-order valence-corrected chi connectivity index (χ1v) is 36.3. The van der Waals surface area contributed by atoms with Crippen LogP contribution in [0.2, 0.25) is 0 Å². The number of hydrogen-bond acceptors (Lipinski definition) is 9. The lowest BCUT2D eigenvalue weighted by molar-refractivity contribution is 0.456. The lowest BCUT2D eigenvalue weighted by atomic mass is 9.30. The fourth-order valence-corrected chi connectivity index (χ4v) is 17.2. The first-order valence-electron chi connectivity index (χ1n) is 36.3. The van der Waals surface area contributed by atoms with E-state index in [9.17, 15) is 0 Å². The van der Waals surface area contributed by atoms with Crippen LogP contribution >= 0.6 is 0 Å². The SMILES string of the molecule is Cc1ccc(N(c2ccc(C)cc2)c2cc3c4c(c2)Oc2cc5c(cc2B4c2ccccc2O3)B2c3cc4c(cc3N(c3c(C)cc(C)cc3C)c3cc(N(c6ccc(C)cc6)c6ccc(C)cc6)cc(c32)O5)Oc2cc(N(c3ccc(C)cc3)c3ccc(C)cc3)cc3c2B4c2ccccc2O3)cc1. The normalized spacial score (nSPS) is 13.1. The van der Waals surface area contributed by atoms with Crippen LogP contribution < -0.4 is 92.4 Å². The predicted octanol–water partition coefficient (Wildman–Crippen LogP) is 18.7. The van der Waals surface area contributed by atoms with Gasteiger partial charge in [-0.05, 0) is 203 Å². The molecule has 14 aromatic carbocycles. The van der Waals surface area contributed by atoms with Gasteiger partial charge in [-0.2, -0.15) is 0 Å². The molecule has 20 rings (SSSR count). The maximum atomic E-state index is 7.80. The third-order valence-corrected chi connectivity index (χ3v) is 22.1. The van der Waals surface area contributed by atoms with E-state index in [2.05, 4.69) is 349 Å². The molecule has 0 aromatic heterocycles. The van der Waals surface area contributed by atoms with Gasteiger partial charge in [0, 0.05) is 98.9 Å². The molecule has 6 aliphatic rings. The summed E-state index contributed by atoms with van der Waals surface area (Å²) in [6, 6.07) is 97.2. The fourth-order valence-electron chi connectivity index (χ4n) is 17.2. The second-order valence-electron chi connectivity index (χ2n) is 29.5. The number of rotatable bonds is 10. The largest absolute Gasteiger partial charge is 0.458 e. The Labute approximate surface area is 613 Å². The van der Waals surface area contributed by atoms with E-state index in [0.29, 0.717) is 5.75 Å². The van der Waals surface area contributed by atoms with Crippen molar-refractivity contribution < 1.29 is 23.7 Å². The maximum Gasteiger partial charge on any atom is 0.260 e. The van der Waals surface area contributed by atoms with Crippen molar-refractivity contribution in [2.45, 2.75) is 62.3 Å². The summed E-state index contributed by atoms with van der Waals surface area (Å²) in [5, 5.41) is 0. The molecule has 0 radical (unpaired) electrons. The van der Waals surface area contributed by atoms with E-state index in [-0.39, 0.29) is 20.1 Å². The summed E-state index contributed by atoms with van der Waals surface area (Å²) in [6.45, 7) is 18.6. The highest BCUT2D eigenvalue weighted by atomic mass is 16.5. The van der Waals surface area contributed by atoms with Gasteiger partial charge in [-0.1, -0.05) is 172 Å². The van der Waals surface area contributed by atoms with E-state index in [1.54, 1.807) is 0 Å². The van der Waals surface area contributed by atoms with Crippen LogP contribution in [0.15, 0.2) is 267 Å². The quantitative estimate of drug-likeness (QED) is 0.125. The Morgan fingerprint density at radius 1 is 0.219 bits per heavy atom. The number of aryl methyl sites for hydroxylation is 9. The van der Waals surface area contributed by atoms with Crippen molar-refractivity contribution in [3.05, 3.63) is 317 Å². The highest BCUT2D eigenvalue weighted by molar-refractivity contribution is 7.03. The van der Waals surface area contributed by atoms with Crippen molar-refractivity contribution >= 4 is 138 Å². The van der Waals surface area contributed by atoms with Gasteiger partial charge in [0.25, 0.3) is 20.1 Å². The number of anilines is 12. The molecule has 0 atom stereocenters. The first kappa shape index (κ1) is 62.3. The molecule has 105 heavy (non-hydrogen) atoms. The predicted molar refractivity (Wildman–Crippen MR) is 434 cm³/mol. The van der Waals surface area contributed by atoms with Gasteiger partial charge in [-0.3, -0.25) is 0 Å². The summed E-state index contributed by atoms with van der Waals surface area (Å²) >= 11 is 0. The number of ether oxygens (including phenoxy) is 5. The van der Waals surface area contributed by atoms with Gasteiger partial charge in [-0.15, -0.1) is 0 Å². The fraction of sp³-hybridized carbons (Fsp3) is 0.0968. The minimum Gasteiger partial charge on any atom is -0.458 e. The third kappa shape index (κ3) is 10.1. The molecular weight excluding hydrogens is 1290 g/mol. The molecule has 0 aliphatic carbocycles. The van der Waals surface area contributed by atoms with Crippen LogP contribution in [-0.2, 0) is 0 Å². The summed E-state index contributed by atoms with van der Waals surface area (Å²) in [5.74, 6) is 7.54. The zero-order chi connectivity index (χ0) is 70.8. The van der Waals surface area contributed by atoms with Crippen molar-refractivity contribution in [3.63, 3.8) is 0 Å².